The van der Waals surface area contributed by atoms with Gasteiger partial charge in [-0.3, -0.25) is 9.58 Å². The first-order chi connectivity index (χ1) is 15.4. The van der Waals surface area contributed by atoms with Gasteiger partial charge in [0.15, 0.2) is 5.96 Å². The molecule has 2 N–H and O–H groups in total. The van der Waals surface area contributed by atoms with Crippen LogP contribution in [-0.4, -0.2) is 45.8 Å². The molecule has 1 aliphatic heterocycles. The minimum absolute atomic E-state index is 0.263. The van der Waals surface area contributed by atoms with Crippen LogP contribution in [0.2, 0.25) is 0 Å². The highest BCUT2D eigenvalue weighted by Crippen LogP contribution is 2.21. The van der Waals surface area contributed by atoms with Gasteiger partial charge in [-0.05, 0) is 77.1 Å². The number of hydrogen-bond acceptors (Lipinski definition) is 3. The maximum absolute atomic E-state index is 4.94. The lowest BCUT2D eigenvalue weighted by atomic mass is 10.0. The number of guanidine groups is 1. The van der Waals surface area contributed by atoms with E-state index < -0.39 is 0 Å². The van der Waals surface area contributed by atoms with E-state index in [1.165, 1.54) is 48.2 Å². The normalized spacial score (nSPS) is 18.6. The topological polar surface area (TPSA) is 57.5 Å². The molecule has 1 aromatic heterocycles. The first-order valence-corrected chi connectivity index (χ1v) is 12.2. The summed E-state index contributed by atoms with van der Waals surface area (Å²) < 4.78 is 1.97. The van der Waals surface area contributed by atoms with Crippen molar-refractivity contribution in [3.63, 3.8) is 0 Å². The van der Waals surface area contributed by atoms with Crippen LogP contribution in [-0.2, 0) is 26.6 Å². The summed E-state index contributed by atoms with van der Waals surface area (Å²) in [6, 6.07) is 9.70. The number of aryl methyl sites for hydroxylation is 2. The number of benzene rings is 1. The lowest BCUT2D eigenvalue weighted by Gasteiger charge is -2.33. The van der Waals surface area contributed by atoms with E-state index in [1.54, 1.807) is 0 Å². The molecule has 32 heavy (non-hydrogen) atoms. The van der Waals surface area contributed by atoms with Crippen molar-refractivity contribution in [3.05, 3.63) is 52.3 Å². The molecule has 0 bridgehead atoms. The van der Waals surface area contributed by atoms with Gasteiger partial charge in [-0.1, -0.05) is 30.7 Å². The van der Waals surface area contributed by atoms with Gasteiger partial charge in [0.2, 0.25) is 0 Å². The average molecular weight is 439 g/mol. The summed E-state index contributed by atoms with van der Waals surface area (Å²) in [6.45, 7) is 14.7. The highest BCUT2D eigenvalue weighted by atomic mass is 15.3. The lowest BCUT2D eigenvalue weighted by Crippen LogP contribution is -2.43. The van der Waals surface area contributed by atoms with E-state index in [2.05, 4.69) is 79.5 Å². The van der Waals surface area contributed by atoms with E-state index in [-0.39, 0.29) is 6.04 Å². The van der Waals surface area contributed by atoms with Crippen LogP contribution in [0.25, 0.3) is 0 Å². The van der Waals surface area contributed by atoms with E-state index in [4.69, 9.17) is 4.99 Å². The van der Waals surface area contributed by atoms with Crippen LogP contribution >= 0.6 is 0 Å². The quantitative estimate of drug-likeness (QED) is 0.481. The Hall–Kier alpha value is -2.34. The average Bonchev–Trinajstić information content (AvgIpc) is 3.00. The van der Waals surface area contributed by atoms with Crippen molar-refractivity contribution in [3.8, 4) is 0 Å². The molecule has 176 valence electrons. The molecule has 0 spiro atoms. The molecule has 1 aliphatic rings. The molecular weight excluding hydrogens is 396 g/mol. The van der Waals surface area contributed by atoms with Crippen molar-refractivity contribution >= 4 is 5.96 Å². The highest BCUT2D eigenvalue weighted by molar-refractivity contribution is 5.80. The zero-order valence-corrected chi connectivity index (χ0v) is 20.9. The van der Waals surface area contributed by atoms with Gasteiger partial charge in [0.1, 0.15) is 0 Å². The molecule has 6 heteroatoms. The van der Waals surface area contributed by atoms with Crippen molar-refractivity contribution in [1.82, 2.24) is 25.3 Å². The van der Waals surface area contributed by atoms with Gasteiger partial charge in [-0.2, -0.15) is 5.10 Å². The van der Waals surface area contributed by atoms with Crippen LogP contribution in [0.1, 0.15) is 68.1 Å². The van der Waals surface area contributed by atoms with Crippen LogP contribution < -0.4 is 10.6 Å². The van der Waals surface area contributed by atoms with Gasteiger partial charge in [-0.25, -0.2) is 4.99 Å². The third-order valence-electron chi connectivity index (χ3n) is 6.74. The minimum atomic E-state index is 0.263. The maximum Gasteiger partial charge on any atom is 0.191 e. The standard InChI is InChI=1S/C26H42N6/c1-7-27-26(29-19(2)16-25-21(4)30-31(6)22(25)5)28-17-23-13-8-9-14-24(23)18-32-15-11-10-12-20(32)3/h8-9,13-14,19-20H,7,10-12,15-18H2,1-6H3,(H2,27,28,29). The van der Waals surface area contributed by atoms with Gasteiger partial charge in [-0.15, -0.1) is 0 Å². The lowest BCUT2D eigenvalue weighted by molar-refractivity contribution is 0.152. The third-order valence-corrected chi connectivity index (χ3v) is 6.74. The Morgan fingerprint density at radius 1 is 1.22 bits per heavy atom. The number of nitrogens with zero attached hydrogens (tertiary/aromatic N) is 4. The van der Waals surface area contributed by atoms with Crippen LogP contribution in [0.5, 0.6) is 0 Å². The largest absolute Gasteiger partial charge is 0.357 e. The summed E-state index contributed by atoms with van der Waals surface area (Å²) in [6.07, 6.45) is 4.91. The van der Waals surface area contributed by atoms with Gasteiger partial charge in [0.25, 0.3) is 0 Å². The first-order valence-electron chi connectivity index (χ1n) is 12.2. The molecule has 0 amide bonds. The Morgan fingerprint density at radius 2 is 1.97 bits per heavy atom. The molecule has 3 rings (SSSR count). The number of aromatic nitrogens is 2. The fraction of sp³-hybridized carbons (Fsp3) is 0.615. The van der Waals surface area contributed by atoms with Crippen molar-refractivity contribution in [2.45, 2.75) is 85.5 Å². The van der Waals surface area contributed by atoms with Crippen LogP contribution in [0.3, 0.4) is 0 Å². The van der Waals surface area contributed by atoms with Crippen LogP contribution in [0.15, 0.2) is 29.3 Å². The fourth-order valence-corrected chi connectivity index (χ4v) is 4.67. The Bertz CT molecular complexity index is 900. The van der Waals surface area contributed by atoms with Gasteiger partial charge in [0.05, 0.1) is 12.2 Å². The Balaban J connectivity index is 1.67. The zero-order valence-electron chi connectivity index (χ0n) is 20.9. The molecule has 1 fully saturated rings. The van der Waals surface area contributed by atoms with Gasteiger partial charge >= 0.3 is 0 Å². The second-order valence-electron chi connectivity index (χ2n) is 9.30. The summed E-state index contributed by atoms with van der Waals surface area (Å²) >= 11 is 0. The molecule has 0 radical (unpaired) electrons. The minimum Gasteiger partial charge on any atom is -0.357 e. The van der Waals surface area contributed by atoms with Crippen LogP contribution in [0.4, 0.5) is 0 Å². The summed E-state index contributed by atoms with van der Waals surface area (Å²) in [4.78, 5) is 7.56. The number of hydrogen-bond donors (Lipinski definition) is 2. The molecule has 2 heterocycles. The molecule has 6 nitrogen and oxygen atoms in total. The van der Waals surface area contributed by atoms with Crippen molar-refractivity contribution in [1.29, 1.82) is 0 Å². The second kappa shape index (κ2) is 11.5. The summed E-state index contributed by atoms with van der Waals surface area (Å²) in [7, 11) is 2.01. The number of piperidine rings is 1. The van der Waals surface area contributed by atoms with E-state index in [9.17, 15) is 0 Å². The van der Waals surface area contributed by atoms with E-state index in [0.29, 0.717) is 12.6 Å². The Kier molecular flexibility index (Phi) is 8.74. The van der Waals surface area contributed by atoms with Crippen molar-refractivity contribution in [2.24, 2.45) is 12.0 Å². The van der Waals surface area contributed by atoms with Gasteiger partial charge in [0, 0.05) is 37.9 Å². The van der Waals surface area contributed by atoms with E-state index in [0.717, 1.165) is 31.2 Å². The molecule has 2 unspecified atom stereocenters. The van der Waals surface area contributed by atoms with Crippen molar-refractivity contribution < 1.29 is 0 Å². The monoisotopic (exact) mass is 438 g/mol. The summed E-state index contributed by atoms with van der Waals surface area (Å²) in [5, 5.41) is 11.6. The molecule has 1 aromatic carbocycles. The summed E-state index contributed by atoms with van der Waals surface area (Å²) in [5.41, 5.74) is 6.38. The fourth-order valence-electron chi connectivity index (χ4n) is 4.67. The molecular formula is C26H42N6. The number of rotatable bonds is 8. The SMILES string of the molecule is CCNC(=NCc1ccccc1CN1CCCCC1C)NC(C)Cc1c(C)nn(C)c1C. The van der Waals surface area contributed by atoms with E-state index in [1.807, 2.05) is 11.7 Å². The molecule has 1 saturated heterocycles. The number of likely N-dealkylation sites (tertiary alicyclic amines) is 1. The zero-order chi connectivity index (χ0) is 23.1. The predicted octanol–water partition coefficient (Wildman–Crippen LogP) is 4.10. The number of nitrogens with one attached hydrogen (secondary N) is 2. The summed E-state index contributed by atoms with van der Waals surface area (Å²) in [5.74, 6) is 0.875. The van der Waals surface area contributed by atoms with Crippen LogP contribution in [0, 0.1) is 13.8 Å². The predicted molar refractivity (Wildman–Crippen MR) is 134 cm³/mol. The maximum atomic E-state index is 4.94. The molecule has 0 aliphatic carbocycles. The second-order valence-corrected chi connectivity index (χ2v) is 9.30. The van der Waals surface area contributed by atoms with E-state index >= 15 is 0 Å². The number of aliphatic imine (C=N–C) groups is 1. The smallest absolute Gasteiger partial charge is 0.191 e. The molecule has 0 saturated carbocycles. The molecule has 2 atom stereocenters. The molecule has 2 aromatic rings. The third kappa shape index (κ3) is 6.35. The van der Waals surface area contributed by atoms with Gasteiger partial charge < -0.3 is 10.6 Å². The Labute approximate surface area is 194 Å². The first kappa shape index (κ1) is 24.3. The Morgan fingerprint density at radius 3 is 2.62 bits per heavy atom. The van der Waals surface area contributed by atoms with Crippen molar-refractivity contribution in [2.75, 3.05) is 13.1 Å². The highest BCUT2D eigenvalue weighted by Gasteiger charge is 2.19.